The maximum absolute atomic E-state index is 13.3. The quantitative estimate of drug-likeness (QED) is 0.464. The zero-order chi connectivity index (χ0) is 19.1. The molecule has 0 saturated carbocycles. The lowest BCUT2D eigenvalue weighted by Crippen LogP contribution is -2.20. The Kier molecular flexibility index (Phi) is 7.30. The molecule has 0 aliphatic carbocycles. The third-order valence-electron chi connectivity index (χ3n) is 4.42. The minimum atomic E-state index is -2.69. The fraction of sp³-hybridized carbons (Fsp3) is 0.500. The molecule has 4 nitrogen and oxygen atoms in total. The Labute approximate surface area is 154 Å². The summed E-state index contributed by atoms with van der Waals surface area (Å²) in [4.78, 5) is 10.3. The number of halogens is 2. The average Bonchev–Trinajstić information content (AvgIpc) is 3.18. The number of rotatable bonds is 8. The lowest BCUT2D eigenvalue weighted by molar-refractivity contribution is 0.140. The SMILES string of the molecule is C=C(OC)/C(C)=C\C=C(/CCC)c1cc(N2CCCC2)nc(C(F)F)n1. The van der Waals surface area contributed by atoms with Gasteiger partial charge in [0.15, 0.2) is 5.82 Å². The number of ether oxygens (including phenoxy) is 1. The van der Waals surface area contributed by atoms with Crippen LogP contribution in [0.3, 0.4) is 0 Å². The van der Waals surface area contributed by atoms with E-state index in [9.17, 15) is 8.78 Å². The molecule has 1 saturated heterocycles. The van der Waals surface area contributed by atoms with E-state index in [2.05, 4.69) is 28.4 Å². The van der Waals surface area contributed by atoms with Crippen molar-refractivity contribution in [2.45, 2.75) is 46.0 Å². The van der Waals surface area contributed by atoms with E-state index in [1.165, 1.54) is 0 Å². The van der Waals surface area contributed by atoms with E-state index in [1.807, 2.05) is 25.1 Å². The highest BCUT2D eigenvalue weighted by molar-refractivity contribution is 5.67. The molecule has 1 aromatic heterocycles. The number of allylic oxidation sites excluding steroid dienone is 4. The van der Waals surface area contributed by atoms with Gasteiger partial charge >= 0.3 is 0 Å². The Morgan fingerprint density at radius 1 is 1.31 bits per heavy atom. The number of hydrogen-bond donors (Lipinski definition) is 0. The van der Waals surface area contributed by atoms with Crippen LogP contribution in [-0.4, -0.2) is 30.2 Å². The molecule has 0 spiro atoms. The van der Waals surface area contributed by atoms with E-state index in [0.29, 0.717) is 17.3 Å². The van der Waals surface area contributed by atoms with Crippen LogP contribution >= 0.6 is 0 Å². The van der Waals surface area contributed by atoms with Crippen LogP contribution in [0.25, 0.3) is 5.57 Å². The Hall–Kier alpha value is -2.24. The van der Waals surface area contributed by atoms with E-state index >= 15 is 0 Å². The van der Waals surface area contributed by atoms with Gasteiger partial charge in [-0.1, -0.05) is 32.1 Å². The lowest BCUT2D eigenvalue weighted by Gasteiger charge is -2.18. The molecule has 0 atom stereocenters. The molecular formula is C20H27F2N3O. The zero-order valence-electron chi connectivity index (χ0n) is 15.8. The number of methoxy groups -OCH3 is 1. The molecule has 142 valence electrons. The molecule has 2 heterocycles. The molecule has 0 amide bonds. The summed E-state index contributed by atoms with van der Waals surface area (Å²) >= 11 is 0. The van der Waals surface area contributed by atoms with Crippen molar-refractivity contribution in [3.63, 3.8) is 0 Å². The molecule has 2 rings (SSSR count). The van der Waals surface area contributed by atoms with Crippen LogP contribution in [-0.2, 0) is 4.74 Å². The smallest absolute Gasteiger partial charge is 0.297 e. The maximum atomic E-state index is 13.3. The van der Waals surface area contributed by atoms with Gasteiger partial charge in [-0.05, 0) is 37.3 Å². The summed E-state index contributed by atoms with van der Waals surface area (Å²) in [6, 6.07) is 1.83. The Morgan fingerprint density at radius 2 is 2.00 bits per heavy atom. The molecule has 0 bridgehead atoms. The maximum Gasteiger partial charge on any atom is 0.297 e. The number of nitrogens with zero attached hydrogens (tertiary/aromatic N) is 3. The predicted molar refractivity (Wildman–Crippen MR) is 101 cm³/mol. The molecule has 6 heteroatoms. The van der Waals surface area contributed by atoms with Gasteiger partial charge in [0.1, 0.15) is 11.6 Å². The third kappa shape index (κ3) is 5.13. The second-order valence-corrected chi connectivity index (χ2v) is 6.38. The number of anilines is 1. The molecule has 26 heavy (non-hydrogen) atoms. The van der Waals surface area contributed by atoms with Gasteiger partial charge in [-0.2, -0.15) is 0 Å². The summed E-state index contributed by atoms with van der Waals surface area (Å²) in [5, 5.41) is 0. The number of alkyl halides is 2. The molecular weight excluding hydrogens is 336 g/mol. The first-order chi connectivity index (χ1) is 12.5. The topological polar surface area (TPSA) is 38.2 Å². The van der Waals surface area contributed by atoms with Gasteiger partial charge in [-0.15, -0.1) is 0 Å². The molecule has 1 aliphatic rings. The summed E-state index contributed by atoms with van der Waals surface area (Å²) < 4.78 is 31.8. The highest BCUT2D eigenvalue weighted by Crippen LogP contribution is 2.27. The van der Waals surface area contributed by atoms with E-state index in [1.54, 1.807) is 7.11 Å². The Morgan fingerprint density at radius 3 is 2.58 bits per heavy atom. The Balaban J connectivity index is 2.44. The van der Waals surface area contributed by atoms with Crippen LogP contribution in [0.2, 0.25) is 0 Å². The van der Waals surface area contributed by atoms with Crippen LogP contribution in [0.5, 0.6) is 0 Å². The van der Waals surface area contributed by atoms with Crippen LogP contribution in [0.15, 0.2) is 36.1 Å². The first-order valence-electron chi connectivity index (χ1n) is 8.99. The monoisotopic (exact) mass is 363 g/mol. The average molecular weight is 363 g/mol. The normalized spacial score (nSPS) is 15.7. The molecule has 0 radical (unpaired) electrons. The largest absolute Gasteiger partial charge is 0.497 e. The van der Waals surface area contributed by atoms with E-state index in [0.717, 1.165) is 49.9 Å². The minimum absolute atomic E-state index is 0.409. The number of aromatic nitrogens is 2. The van der Waals surface area contributed by atoms with Crippen molar-refractivity contribution >= 4 is 11.4 Å². The number of hydrogen-bond acceptors (Lipinski definition) is 4. The summed E-state index contributed by atoms with van der Waals surface area (Å²) in [7, 11) is 1.57. The second kappa shape index (κ2) is 9.46. The van der Waals surface area contributed by atoms with Crippen molar-refractivity contribution in [3.8, 4) is 0 Å². The fourth-order valence-corrected chi connectivity index (χ4v) is 2.87. The van der Waals surface area contributed by atoms with Gasteiger partial charge in [-0.25, -0.2) is 18.7 Å². The van der Waals surface area contributed by atoms with Gasteiger partial charge in [-0.3, -0.25) is 0 Å². The summed E-state index contributed by atoms with van der Waals surface area (Å²) in [5.74, 6) is 0.756. The van der Waals surface area contributed by atoms with Crippen molar-refractivity contribution in [1.82, 2.24) is 9.97 Å². The standard InChI is InChI=1S/C20H27F2N3O/c1-5-8-16(10-9-14(2)15(3)26-4)17-13-18(25-11-6-7-12-25)24-20(23-17)19(21)22/h9-10,13,19H,3,5-8,11-12H2,1-2,4H3/b14-9-,16-10+. The van der Waals surface area contributed by atoms with Gasteiger partial charge in [0.2, 0.25) is 0 Å². The molecule has 1 aliphatic heterocycles. The summed E-state index contributed by atoms with van der Waals surface area (Å²) in [6.07, 6.45) is 4.85. The molecule has 1 aromatic rings. The molecule has 1 fully saturated rings. The van der Waals surface area contributed by atoms with Crippen molar-refractivity contribution < 1.29 is 13.5 Å². The third-order valence-corrected chi connectivity index (χ3v) is 4.42. The van der Waals surface area contributed by atoms with Crippen molar-refractivity contribution in [1.29, 1.82) is 0 Å². The van der Waals surface area contributed by atoms with E-state index in [4.69, 9.17) is 4.74 Å². The van der Waals surface area contributed by atoms with Crippen LogP contribution in [0.1, 0.15) is 57.5 Å². The van der Waals surface area contributed by atoms with Crippen LogP contribution in [0.4, 0.5) is 14.6 Å². The van der Waals surface area contributed by atoms with Crippen LogP contribution < -0.4 is 4.90 Å². The van der Waals surface area contributed by atoms with Gasteiger partial charge in [0.25, 0.3) is 6.43 Å². The second-order valence-electron chi connectivity index (χ2n) is 6.38. The van der Waals surface area contributed by atoms with Gasteiger partial charge < -0.3 is 9.64 Å². The summed E-state index contributed by atoms with van der Waals surface area (Å²) in [6.45, 7) is 9.46. The zero-order valence-corrected chi connectivity index (χ0v) is 15.8. The van der Waals surface area contributed by atoms with E-state index < -0.39 is 12.2 Å². The summed E-state index contributed by atoms with van der Waals surface area (Å²) in [5.41, 5.74) is 2.34. The first kappa shape index (κ1) is 20.1. The lowest BCUT2D eigenvalue weighted by atomic mass is 10.0. The molecule has 0 aromatic carbocycles. The van der Waals surface area contributed by atoms with Gasteiger partial charge in [0, 0.05) is 19.2 Å². The van der Waals surface area contributed by atoms with Crippen LogP contribution in [0, 0.1) is 0 Å². The fourth-order valence-electron chi connectivity index (χ4n) is 2.87. The molecule has 0 unspecified atom stereocenters. The highest BCUT2D eigenvalue weighted by Gasteiger charge is 2.20. The van der Waals surface area contributed by atoms with Crippen molar-refractivity contribution in [2.24, 2.45) is 0 Å². The predicted octanol–water partition coefficient (Wildman–Crippen LogP) is 5.30. The Bertz CT molecular complexity index is 692. The van der Waals surface area contributed by atoms with Crippen molar-refractivity contribution in [3.05, 3.63) is 47.6 Å². The minimum Gasteiger partial charge on any atom is -0.497 e. The van der Waals surface area contributed by atoms with Gasteiger partial charge in [0.05, 0.1) is 12.8 Å². The van der Waals surface area contributed by atoms with E-state index in [-0.39, 0.29) is 0 Å². The highest BCUT2D eigenvalue weighted by atomic mass is 19.3. The molecule has 0 N–H and O–H groups in total. The van der Waals surface area contributed by atoms with Crippen molar-refractivity contribution in [2.75, 3.05) is 25.1 Å². The first-order valence-corrected chi connectivity index (χ1v) is 8.99.